The zero-order valence-corrected chi connectivity index (χ0v) is 20.7. The summed E-state index contributed by atoms with van der Waals surface area (Å²) in [6.45, 7) is 0. The van der Waals surface area contributed by atoms with Gasteiger partial charge in [0.15, 0.2) is 11.5 Å². The number of carbonyl (C=O) groups excluding carboxylic acids is 2. The molecule has 0 saturated carbocycles. The molecule has 0 saturated heterocycles. The zero-order valence-electron chi connectivity index (χ0n) is 19.9. The smallest absolute Gasteiger partial charge is 0.242 e. The van der Waals surface area contributed by atoms with Crippen molar-refractivity contribution in [3.63, 3.8) is 0 Å². The van der Waals surface area contributed by atoms with Crippen LogP contribution in [0, 0.1) is 0 Å². The topological polar surface area (TPSA) is 123 Å². The fourth-order valence-electron chi connectivity index (χ4n) is 3.96. The summed E-state index contributed by atoms with van der Waals surface area (Å²) < 4.78 is 39.7. The number of fused-ring (bicyclic) bond motifs is 1. The van der Waals surface area contributed by atoms with Gasteiger partial charge in [0.25, 0.3) is 0 Å². The number of benzene rings is 3. The van der Waals surface area contributed by atoms with Crippen LogP contribution in [0.15, 0.2) is 71.6 Å². The summed E-state index contributed by atoms with van der Waals surface area (Å²) in [5, 5.41) is 5.51. The molecule has 1 heterocycles. The van der Waals surface area contributed by atoms with E-state index in [4.69, 9.17) is 9.47 Å². The minimum absolute atomic E-state index is 0.0226. The summed E-state index contributed by atoms with van der Waals surface area (Å²) in [6.07, 6.45) is 0.867. The second kappa shape index (κ2) is 10.8. The van der Waals surface area contributed by atoms with Crippen molar-refractivity contribution in [2.24, 2.45) is 0 Å². The van der Waals surface area contributed by atoms with Crippen molar-refractivity contribution in [1.29, 1.82) is 0 Å². The van der Waals surface area contributed by atoms with Gasteiger partial charge >= 0.3 is 0 Å². The predicted molar refractivity (Wildman–Crippen MR) is 136 cm³/mol. The van der Waals surface area contributed by atoms with Crippen molar-refractivity contribution in [3.05, 3.63) is 77.9 Å². The van der Waals surface area contributed by atoms with Crippen LogP contribution in [0.4, 0.5) is 11.4 Å². The molecule has 0 spiro atoms. The van der Waals surface area contributed by atoms with Gasteiger partial charge in [0, 0.05) is 23.9 Å². The van der Waals surface area contributed by atoms with Crippen LogP contribution in [-0.4, -0.2) is 40.5 Å². The Hall–Kier alpha value is -3.89. The Morgan fingerprint density at radius 2 is 1.72 bits per heavy atom. The van der Waals surface area contributed by atoms with Gasteiger partial charge in [-0.3, -0.25) is 9.59 Å². The maximum absolute atomic E-state index is 13.3. The molecule has 0 unspecified atom stereocenters. The minimum Gasteiger partial charge on any atom is -0.493 e. The van der Waals surface area contributed by atoms with E-state index in [0.29, 0.717) is 29.3 Å². The molecule has 0 aromatic heterocycles. The van der Waals surface area contributed by atoms with Crippen molar-refractivity contribution in [2.75, 3.05) is 24.9 Å². The predicted octanol–water partition coefficient (Wildman–Crippen LogP) is 3.12. The highest BCUT2D eigenvalue weighted by Crippen LogP contribution is 2.30. The molecular weight excluding hydrogens is 482 g/mol. The first-order valence-electron chi connectivity index (χ1n) is 11.3. The number of nitrogens with one attached hydrogen (secondary N) is 3. The molecule has 1 aliphatic heterocycles. The average molecular weight is 510 g/mol. The molecular formula is C26H27N3O6S. The lowest BCUT2D eigenvalue weighted by Gasteiger charge is -2.21. The molecule has 0 radical (unpaired) electrons. The van der Waals surface area contributed by atoms with Crippen molar-refractivity contribution in [2.45, 2.75) is 30.2 Å². The monoisotopic (exact) mass is 509 g/mol. The Labute approximate surface area is 209 Å². The summed E-state index contributed by atoms with van der Waals surface area (Å²) in [6, 6.07) is 17.5. The van der Waals surface area contributed by atoms with Gasteiger partial charge in [0.05, 0.1) is 19.1 Å². The van der Waals surface area contributed by atoms with Gasteiger partial charge in [0.2, 0.25) is 21.8 Å². The molecule has 2 amide bonds. The zero-order chi connectivity index (χ0) is 25.7. The number of ether oxygens (including phenoxy) is 2. The molecule has 1 atom stereocenters. The molecule has 0 fully saturated rings. The van der Waals surface area contributed by atoms with Gasteiger partial charge in [-0.05, 0) is 54.3 Å². The first-order chi connectivity index (χ1) is 17.3. The van der Waals surface area contributed by atoms with Gasteiger partial charge in [-0.15, -0.1) is 0 Å². The molecule has 3 aromatic carbocycles. The highest BCUT2D eigenvalue weighted by molar-refractivity contribution is 7.89. The molecule has 1 aliphatic rings. The first kappa shape index (κ1) is 25.2. The third kappa shape index (κ3) is 5.84. The Morgan fingerprint density at radius 3 is 2.44 bits per heavy atom. The second-order valence-corrected chi connectivity index (χ2v) is 10.0. The second-order valence-electron chi connectivity index (χ2n) is 8.29. The SMILES string of the molecule is COc1ccc(NC(=O)[C@@H](Cc2ccccc2)NS(=O)(=O)c2ccc3c(c2)CCC(=O)N3)cc1OC. The van der Waals surface area contributed by atoms with E-state index >= 15 is 0 Å². The maximum atomic E-state index is 13.3. The molecule has 3 N–H and O–H groups in total. The van der Waals surface area contributed by atoms with Crippen molar-refractivity contribution >= 4 is 33.2 Å². The summed E-state index contributed by atoms with van der Waals surface area (Å²) in [5.41, 5.74) is 2.55. The van der Waals surface area contributed by atoms with Crippen molar-refractivity contribution < 1.29 is 27.5 Å². The van der Waals surface area contributed by atoms with E-state index in [9.17, 15) is 18.0 Å². The van der Waals surface area contributed by atoms with Crippen molar-refractivity contribution in [1.82, 2.24) is 4.72 Å². The van der Waals surface area contributed by atoms with Crippen LogP contribution < -0.4 is 24.8 Å². The fraction of sp³-hybridized carbons (Fsp3) is 0.231. The van der Waals surface area contributed by atoms with E-state index in [2.05, 4.69) is 15.4 Å². The lowest BCUT2D eigenvalue weighted by atomic mass is 10.0. The number of methoxy groups -OCH3 is 2. The molecule has 0 aliphatic carbocycles. The third-order valence-corrected chi connectivity index (χ3v) is 7.30. The number of carbonyl (C=O) groups is 2. The van der Waals surface area contributed by atoms with Gasteiger partial charge in [-0.1, -0.05) is 30.3 Å². The summed E-state index contributed by atoms with van der Waals surface area (Å²) >= 11 is 0. The Bertz CT molecular complexity index is 1380. The Kier molecular flexibility index (Phi) is 7.56. The molecule has 10 heteroatoms. The minimum atomic E-state index is -4.06. The van der Waals surface area contributed by atoms with Crippen LogP contribution in [0.3, 0.4) is 0 Å². The van der Waals surface area contributed by atoms with Crippen LogP contribution >= 0.6 is 0 Å². The van der Waals surface area contributed by atoms with Gasteiger partial charge in [0.1, 0.15) is 6.04 Å². The van der Waals surface area contributed by atoms with E-state index in [1.807, 2.05) is 30.3 Å². The Morgan fingerprint density at radius 1 is 0.972 bits per heavy atom. The molecule has 36 heavy (non-hydrogen) atoms. The highest BCUT2D eigenvalue weighted by atomic mass is 32.2. The van der Waals surface area contributed by atoms with E-state index in [1.54, 1.807) is 24.3 Å². The fourth-order valence-corrected chi connectivity index (χ4v) is 5.21. The van der Waals surface area contributed by atoms with Gasteiger partial charge in [-0.2, -0.15) is 4.72 Å². The molecule has 188 valence electrons. The molecule has 0 bridgehead atoms. The quantitative estimate of drug-likeness (QED) is 0.407. The first-order valence-corrected chi connectivity index (χ1v) is 12.8. The maximum Gasteiger partial charge on any atom is 0.242 e. The number of hydrogen-bond donors (Lipinski definition) is 3. The van der Waals surface area contributed by atoms with Crippen LogP contribution in [0.25, 0.3) is 0 Å². The standard InChI is InChI=1S/C26H27N3O6S/c1-34-23-12-9-19(16-24(23)35-2)27-26(31)22(14-17-6-4-3-5-7-17)29-36(32,33)20-10-11-21-18(15-20)8-13-25(30)28-21/h3-7,9-12,15-16,22,29H,8,13-14H2,1-2H3,(H,27,31)(H,28,30)/t22-/m1/s1. The normalized spacial score (nSPS) is 13.8. The van der Waals surface area contributed by atoms with Crippen LogP contribution in [0.2, 0.25) is 0 Å². The number of hydrogen-bond acceptors (Lipinski definition) is 6. The number of aryl methyl sites for hydroxylation is 1. The largest absolute Gasteiger partial charge is 0.493 e. The Balaban J connectivity index is 1.59. The van der Waals surface area contributed by atoms with E-state index in [0.717, 1.165) is 11.1 Å². The number of amides is 2. The lowest BCUT2D eigenvalue weighted by molar-refractivity contribution is -0.118. The third-order valence-electron chi connectivity index (χ3n) is 5.83. The summed E-state index contributed by atoms with van der Waals surface area (Å²) in [5.74, 6) is 0.295. The van der Waals surface area contributed by atoms with E-state index in [1.165, 1.54) is 26.4 Å². The van der Waals surface area contributed by atoms with Crippen LogP contribution in [0.1, 0.15) is 17.5 Å². The molecule has 4 rings (SSSR count). The van der Waals surface area contributed by atoms with Crippen LogP contribution in [-0.2, 0) is 32.5 Å². The lowest BCUT2D eigenvalue weighted by Crippen LogP contribution is -2.45. The van der Waals surface area contributed by atoms with Crippen LogP contribution in [0.5, 0.6) is 11.5 Å². The van der Waals surface area contributed by atoms with E-state index in [-0.39, 0.29) is 23.6 Å². The van der Waals surface area contributed by atoms with Gasteiger partial charge in [-0.25, -0.2) is 8.42 Å². The average Bonchev–Trinajstić information content (AvgIpc) is 2.88. The molecule has 9 nitrogen and oxygen atoms in total. The molecule has 3 aromatic rings. The number of sulfonamides is 1. The summed E-state index contributed by atoms with van der Waals surface area (Å²) in [7, 11) is -1.06. The van der Waals surface area contributed by atoms with Crippen molar-refractivity contribution in [3.8, 4) is 11.5 Å². The van der Waals surface area contributed by atoms with Gasteiger partial charge < -0.3 is 20.1 Å². The van der Waals surface area contributed by atoms with E-state index < -0.39 is 22.0 Å². The number of anilines is 2. The number of rotatable bonds is 9. The summed E-state index contributed by atoms with van der Waals surface area (Å²) in [4.78, 5) is 24.9. The highest BCUT2D eigenvalue weighted by Gasteiger charge is 2.28.